The minimum atomic E-state index is -4.48. The van der Waals surface area contributed by atoms with Crippen LogP contribution in [0.25, 0.3) is 0 Å². The largest absolute Gasteiger partial charge is 0.454 e. The molecule has 0 bridgehead atoms. The zero-order chi connectivity index (χ0) is 24.1. The highest BCUT2D eigenvalue weighted by Crippen LogP contribution is 2.42. The quantitative estimate of drug-likeness (QED) is 0.502. The van der Waals surface area contributed by atoms with Crippen molar-refractivity contribution in [1.82, 2.24) is 9.80 Å². The predicted octanol–water partition coefficient (Wildman–Crippen LogP) is 5.78. The van der Waals surface area contributed by atoms with Crippen LogP contribution in [-0.4, -0.2) is 47.2 Å². The minimum Gasteiger partial charge on any atom is -0.454 e. The van der Waals surface area contributed by atoms with E-state index in [-0.39, 0.29) is 23.4 Å². The van der Waals surface area contributed by atoms with Gasteiger partial charge in [-0.2, -0.15) is 13.2 Å². The summed E-state index contributed by atoms with van der Waals surface area (Å²) >= 11 is 0. The smallest absolute Gasteiger partial charge is 0.416 e. The van der Waals surface area contributed by atoms with Gasteiger partial charge < -0.3 is 14.5 Å². The molecular weight excluding hydrogens is 431 g/mol. The molecule has 0 spiro atoms. The number of rotatable bonds is 0. The number of hydrogen-bond donors (Lipinski definition) is 0. The van der Waals surface area contributed by atoms with Gasteiger partial charge >= 0.3 is 6.18 Å². The van der Waals surface area contributed by atoms with Crippen molar-refractivity contribution < 1.29 is 22.7 Å². The van der Waals surface area contributed by atoms with Crippen molar-refractivity contribution in [3.63, 3.8) is 0 Å². The molecule has 5 nitrogen and oxygen atoms in total. The van der Waals surface area contributed by atoms with Gasteiger partial charge in [-0.15, -0.1) is 0 Å². The van der Waals surface area contributed by atoms with Gasteiger partial charge in [0.1, 0.15) is 17.3 Å². The normalized spacial score (nSPS) is 18.7. The minimum absolute atomic E-state index is 0.0772. The molecule has 2 aromatic rings. The van der Waals surface area contributed by atoms with Crippen LogP contribution >= 0.6 is 0 Å². The summed E-state index contributed by atoms with van der Waals surface area (Å²) in [6.07, 6.45) is -4.48. The molecule has 8 heteroatoms. The van der Waals surface area contributed by atoms with Crippen LogP contribution in [0.2, 0.25) is 0 Å². The van der Waals surface area contributed by atoms with Crippen LogP contribution in [0, 0.1) is 12.3 Å². The second kappa shape index (κ2) is 8.08. The van der Waals surface area contributed by atoms with E-state index in [4.69, 9.17) is 4.74 Å². The molecule has 0 saturated carbocycles. The first-order valence-corrected chi connectivity index (χ1v) is 11.0. The second-order valence-electron chi connectivity index (χ2n) is 9.76. The van der Waals surface area contributed by atoms with Crippen LogP contribution in [-0.2, 0) is 11.0 Å². The first-order valence-electron chi connectivity index (χ1n) is 11.0. The van der Waals surface area contributed by atoms with Crippen molar-refractivity contribution in [2.75, 3.05) is 19.6 Å². The number of aliphatic imine (C=N–C) groups is 1. The number of piperazine rings is 1. The number of hydrogen-bond acceptors (Lipinski definition) is 4. The lowest BCUT2D eigenvalue weighted by molar-refractivity contribution is -0.143. The molecular formula is C25H28F3N3O2. The van der Waals surface area contributed by atoms with Gasteiger partial charge in [0.05, 0.1) is 11.1 Å². The summed E-state index contributed by atoms with van der Waals surface area (Å²) in [4.78, 5) is 21.5. The number of amides is 1. The van der Waals surface area contributed by atoms with Gasteiger partial charge in [0.2, 0.25) is 5.91 Å². The number of amidine groups is 1. The van der Waals surface area contributed by atoms with E-state index in [9.17, 15) is 18.0 Å². The third-order valence-corrected chi connectivity index (χ3v) is 5.94. The van der Waals surface area contributed by atoms with Crippen molar-refractivity contribution >= 4 is 17.4 Å². The summed E-state index contributed by atoms with van der Waals surface area (Å²) in [5.41, 5.74) is 0.587. The monoisotopic (exact) mass is 459 g/mol. The van der Waals surface area contributed by atoms with Crippen molar-refractivity contribution in [1.29, 1.82) is 0 Å². The highest BCUT2D eigenvalue weighted by Gasteiger charge is 2.36. The Kier molecular flexibility index (Phi) is 5.66. The summed E-state index contributed by atoms with van der Waals surface area (Å²) in [7, 11) is 0. The molecule has 1 saturated heterocycles. The Bertz CT molecular complexity index is 1120. The van der Waals surface area contributed by atoms with Gasteiger partial charge in [0.15, 0.2) is 5.75 Å². The number of nitrogens with zero attached hydrogens (tertiary/aromatic N) is 3. The molecule has 176 valence electrons. The van der Waals surface area contributed by atoms with E-state index in [0.717, 1.165) is 23.3 Å². The number of fused-ring (bicyclic) bond motifs is 2. The van der Waals surface area contributed by atoms with Gasteiger partial charge in [-0.05, 0) is 44.2 Å². The fourth-order valence-electron chi connectivity index (χ4n) is 4.19. The molecule has 0 N–H and O–H groups in total. The van der Waals surface area contributed by atoms with Crippen LogP contribution < -0.4 is 4.74 Å². The summed E-state index contributed by atoms with van der Waals surface area (Å²) in [5, 5.41) is 0. The lowest BCUT2D eigenvalue weighted by atomic mass is 9.93. The number of carbonyl (C=O) groups is 1. The Labute approximate surface area is 191 Å². The summed E-state index contributed by atoms with van der Waals surface area (Å²) in [6.45, 7) is 11.2. The van der Waals surface area contributed by atoms with E-state index in [1.165, 1.54) is 6.07 Å². The molecule has 0 aromatic heterocycles. The van der Waals surface area contributed by atoms with E-state index in [1.807, 2.05) is 62.6 Å². The van der Waals surface area contributed by atoms with Crippen LogP contribution in [0.1, 0.15) is 44.4 Å². The maximum absolute atomic E-state index is 13.4. The first-order chi connectivity index (χ1) is 15.3. The molecule has 1 fully saturated rings. The zero-order valence-corrected chi connectivity index (χ0v) is 19.5. The Morgan fingerprint density at radius 1 is 1.06 bits per heavy atom. The number of alkyl halides is 3. The topological polar surface area (TPSA) is 45.1 Å². The van der Waals surface area contributed by atoms with Crippen molar-refractivity contribution in [3.05, 3.63) is 53.1 Å². The van der Waals surface area contributed by atoms with Crippen LogP contribution in [0.15, 0.2) is 41.4 Å². The Balaban J connectivity index is 1.75. The van der Waals surface area contributed by atoms with Crippen molar-refractivity contribution in [3.8, 4) is 11.5 Å². The van der Waals surface area contributed by atoms with E-state index in [1.54, 1.807) is 0 Å². The van der Waals surface area contributed by atoms with Gasteiger partial charge in [0.25, 0.3) is 0 Å². The molecule has 2 aliphatic rings. The van der Waals surface area contributed by atoms with Gasteiger partial charge in [-0.3, -0.25) is 4.79 Å². The van der Waals surface area contributed by atoms with Gasteiger partial charge in [-0.1, -0.05) is 32.4 Å². The number of carbonyl (C=O) groups excluding carboxylic acids is 1. The van der Waals surface area contributed by atoms with Crippen LogP contribution in [0.3, 0.4) is 0 Å². The fourth-order valence-corrected chi connectivity index (χ4v) is 4.19. The van der Waals surface area contributed by atoms with E-state index >= 15 is 0 Å². The Hall–Kier alpha value is -3.03. The fraction of sp³-hybridized carbons (Fsp3) is 0.440. The highest BCUT2D eigenvalue weighted by molar-refractivity contribution is 6.04. The van der Waals surface area contributed by atoms with Crippen molar-refractivity contribution in [2.45, 2.75) is 46.8 Å². The molecule has 2 heterocycles. The Morgan fingerprint density at radius 2 is 1.76 bits per heavy atom. The average Bonchev–Trinajstić information content (AvgIpc) is 2.88. The molecule has 0 radical (unpaired) electrons. The maximum Gasteiger partial charge on any atom is 0.416 e. The molecule has 33 heavy (non-hydrogen) atoms. The maximum atomic E-state index is 13.4. The van der Waals surface area contributed by atoms with Crippen molar-refractivity contribution in [2.24, 2.45) is 10.4 Å². The lowest BCUT2D eigenvalue weighted by Gasteiger charge is -2.43. The third-order valence-electron chi connectivity index (χ3n) is 5.94. The molecule has 2 aliphatic heterocycles. The molecule has 1 atom stereocenters. The first kappa shape index (κ1) is 23.1. The van der Waals surface area contributed by atoms with E-state index in [2.05, 4.69) is 4.99 Å². The van der Waals surface area contributed by atoms with Crippen LogP contribution in [0.4, 0.5) is 18.9 Å². The summed E-state index contributed by atoms with van der Waals surface area (Å²) in [6, 6.07) is 8.91. The number of aryl methyl sites for hydroxylation is 1. The Morgan fingerprint density at radius 3 is 2.39 bits per heavy atom. The summed E-state index contributed by atoms with van der Waals surface area (Å²) in [5.74, 6) is 1.45. The molecule has 4 rings (SSSR count). The molecule has 1 unspecified atom stereocenters. The molecule has 0 aliphatic carbocycles. The highest BCUT2D eigenvalue weighted by atomic mass is 19.4. The van der Waals surface area contributed by atoms with Gasteiger partial charge in [0, 0.05) is 31.1 Å². The molecule has 2 aromatic carbocycles. The zero-order valence-electron chi connectivity index (χ0n) is 19.5. The SMILES string of the molecule is Cc1ccc2c(c1)C(N1CCN(C(=O)C(C)(C)C)C(C)C1)=Nc1cc(C(F)(F)F)ccc1O2. The number of halogens is 3. The predicted molar refractivity (Wildman–Crippen MR) is 121 cm³/mol. The third kappa shape index (κ3) is 4.56. The number of benzene rings is 2. The van der Waals surface area contributed by atoms with E-state index in [0.29, 0.717) is 31.2 Å². The standard InChI is InChI=1S/C25H28F3N3O2/c1-15-6-8-20-18(12-15)22(29-19-13-17(25(26,27)28)7-9-21(19)33-20)30-10-11-31(16(2)14-30)23(32)24(3,4)5/h6-9,12-13,16H,10-11,14H2,1-5H3. The molecule has 1 amide bonds. The second-order valence-corrected chi connectivity index (χ2v) is 9.76. The average molecular weight is 460 g/mol. The van der Waals surface area contributed by atoms with E-state index < -0.39 is 17.2 Å². The number of ether oxygens (including phenoxy) is 1. The van der Waals surface area contributed by atoms with Crippen LogP contribution in [0.5, 0.6) is 11.5 Å². The summed E-state index contributed by atoms with van der Waals surface area (Å²) < 4.78 is 46.1. The lowest BCUT2D eigenvalue weighted by Crippen LogP contribution is -2.57. The van der Waals surface area contributed by atoms with Gasteiger partial charge in [-0.25, -0.2) is 4.99 Å².